The largest absolute Gasteiger partial charge is 0.379 e. The summed E-state index contributed by atoms with van der Waals surface area (Å²) in [5, 5.41) is 7.76. The zero-order chi connectivity index (χ0) is 16.8. The Morgan fingerprint density at radius 2 is 2.21 bits per heavy atom. The summed E-state index contributed by atoms with van der Waals surface area (Å²) in [6, 6.07) is 0. The highest BCUT2D eigenvalue weighted by Crippen LogP contribution is 2.26. The van der Waals surface area contributed by atoms with Gasteiger partial charge in [0.25, 0.3) is 0 Å². The number of ether oxygens (including phenoxy) is 1. The number of aromatic nitrogens is 2. The quantitative estimate of drug-likeness (QED) is 0.628. The van der Waals surface area contributed by atoms with E-state index in [1.807, 2.05) is 17.9 Å². The van der Waals surface area contributed by atoms with Gasteiger partial charge in [0.15, 0.2) is 5.96 Å². The van der Waals surface area contributed by atoms with Crippen molar-refractivity contribution in [3.05, 3.63) is 18.0 Å². The molecule has 0 aromatic carbocycles. The molecule has 7 heteroatoms. The van der Waals surface area contributed by atoms with Gasteiger partial charge in [-0.3, -0.25) is 14.6 Å². The lowest BCUT2D eigenvalue weighted by Gasteiger charge is -2.26. The molecule has 2 aliphatic heterocycles. The molecule has 0 saturated carbocycles. The summed E-state index contributed by atoms with van der Waals surface area (Å²) < 4.78 is 7.29. The number of guanidine groups is 1. The first-order valence-corrected chi connectivity index (χ1v) is 9.08. The van der Waals surface area contributed by atoms with Crippen LogP contribution in [0.5, 0.6) is 0 Å². The Kier molecular flexibility index (Phi) is 6.09. The van der Waals surface area contributed by atoms with Crippen molar-refractivity contribution in [2.24, 2.45) is 12.0 Å². The lowest BCUT2D eigenvalue weighted by Crippen LogP contribution is -2.41. The molecule has 3 heterocycles. The molecule has 0 spiro atoms. The van der Waals surface area contributed by atoms with Crippen molar-refractivity contribution < 1.29 is 4.74 Å². The summed E-state index contributed by atoms with van der Waals surface area (Å²) in [5.41, 5.74) is 1.34. The molecular weight excluding hydrogens is 304 g/mol. The van der Waals surface area contributed by atoms with Crippen molar-refractivity contribution in [3.63, 3.8) is 0 Å². The van der Waals surface area contributed by atoms with E-state index in [0.717, 1.165) is 65.0 Å². The lowest BCUT2D eigenvalue weighted by atomic mass is 10.0. The van der Waals surface area contributed by atoms with Crippen molar-refractivity contribution in [2.45, 2.75) is 19.3 Å². The highest BCUT2D eigenvalue weighted by atomic mass is 16.5. The van der Waals surface area contributed by atoms with E-state index in [1.165, 1.54) is 12.0 Å². The number of rotatable bonds is 5. The van der Waals surface area contributed by atoms with Crippen LogP contribution in [0.2, 0.25) is 0 Å². The van der Waals surface area contributed by atoms with E-state index < -0.39 is 0 Å². The highest BCUT2D eigenvalue weighted by molar-refractivity contribution is 5.80. The van der Waals surface area contributed by atoms with E-state index in [2.05, 4.69) is 33.3 Å². The van der Waals surface area contributed by atoms with Crippen LogP contribution in [0.15, 0.2) is 17.4 Å². The van der Waals surface area contributed by atoms with E-state index in [4.69, 9.17) is 9.73 Å². The third-order valence-electron chi connectivity index (χ3n) is 4.80. The number of nitrogens with zero attached hydrogens (tertiary/aromatic N) is 5. The van der Waals surface area contributed by atoms with Gasteiger partial charge >= 0.3 is 0 Å². The maximum atomic E-state index is 5.40. The van der Waals surface area contributed by atoms with Gasteiger partial charge in [0.05, 0.1) is 26.0 Å². The summed E-state index contributed by atoms with van der Waals surface area (Å²) in [6.45, 7) is 10.7. The molecule has 1 unspecified atom stereocenters. The van der Waals surface area contributed by atoms with Crippen LogP contribution in [0.25, 0.3) is 0 Å². The summed E-state index contributed by atoms with van der Waals surface area (Å²) in [6.07, 6.45) is 5.30. The number of aryl methyl sites for hydroxylation is 1. The topological polar surface area (TPSA) is 57.9 Å². The molecule has 1 aromatic heterocycles. The van der Waals surface area contributed by atoms with Gasteiger partial charge < -0.3 is 15.0 Å². The van der Waals surface area contributed by atoms with E-state index in [1.54, 1.807) is 0 Å². The maximum Gasteiger partial charge on any atom is 0.193 e. The van der Waals surface area contributed by atoms with Crippen LogP contribution in [0.3, 0.4) is 0 Å². The van der Waals surface area contributed by atoms with Gasteiger partial charge in [-0.1, -0.05) is 0 Å². The maximum absolute atomic E-state index is 5.40. The van der Waals surface area contributed by atoms with Gasteiger partial charge in [-0.2, -0.15) is 5.10 Å². The first-order chi connectivity index (χ1) is 11.8. The fraction of sp³-hybridized carbons (Fsp3) is 0.765. The van der Waals surface area contributed by atoms with E-state index in [0.29, 0.717) is 5.92 Å². The molecule has 7 nitrogen and oxygen atoms in total. The van der Waals surface area contributed by atoms with Crippen LogP contribution < -0.4 is 5.32 Å². The third-order valence-corrected chi connectivity index (χ3v) is 4.80. The highest BCUT2D eigenvalue weighted by Gasteiger charge is 2.26. The normalized spacial score (nSPS) is 23.0. The Labute approximate surface area is 144 Å². The number of hydrogen-bond acceptors (Lipinski definition) is 4. The molecule has 1 atom stereocenters. The minimum absolute atomic E-state index is 0.557. The van der Waals surface area contributed by atoms with Crippen LogP contribution in [0.4, 0.5) is 0 Å². The van der Waals surface area contributed by atoms with E-state index in [9.17, 15) is 0 Å². The average molecular weight is 334 g/mol. The summed E-state index contributed by atoms with van der Waals surface area (Å²) in [4.78, 5) is 9.67. The van der Waals surface area contributed by atoms with Gasteiger partial charge in [-0.25, -0.2) is 0 Å². The Morgan fingerprint density at radius 3 is 2.92 bits per heavy atom. The van der Waals surface area contributed by atoms with Crippen LogP contribution in [0, 0.1) is 0 Å². The molecule has 0 bridgehead atoms. The molecule has 3 rings (SSSR count). The Balaban J connectivity index is 1.53. The zero-order valence-electron chi connectivity index (χ0n) is 14.9. The summed E-state index contributed by atoms with van der Waals surface area (Å²) in [5.74, 6) is 1.61. The Bertz CT molecular complexity index is 537. The predicted octanol–water partition coefficient (Wildman–Crippen LogP) is 0.507. The first-order valence-electron chi connectivity index (χ1n) is 9.08. The van der Waals surface area contributed by atoms with Crippen molar-refractivity contribution >= 4 is 5.96 Å². The van der Waals surface area contributed by atoms with Gasteiger partial charge in [0.2, 0.25) is 0 Å². The van der Waals surface area contributed by atoms with Gasteiger partial charge in [0.1, 0.15) is 0 Å². The van der Waals surface area contributed by atoms with Crippen LogP contribution in [-0.2, 0) is 11.8 Å². The van der Waals surface area contributed by atoms with Crippen LogP contribution >= 0.6 is 0 Å². The number of likely N-dealkylation sites (tertiary alicyclic amines) is 1. The number of nitrogens with one attached hydrogen (secondary N) is 1. The molecule has 1 N–H and O–H groups in total. The number of hydrogen-bond donors (Lipinski definition) is 1. The van der Waals surface area contributed by atoms with Gasteiger partial charge in [-0.05, 0) is 18.9 Å². The zero-order valence-corrected chi connectivity index (χ0v) is 14.9. The molecule has 0 amide bonds. The van der Waals surface area contributed by atoms with Crippen molar-refractivity contribution in [2.75, 3.05) is 59.0 Å². The molecule has 0 radical (unpaired) electrons. The predicted molar refractivity (Wildman–Crippen MR) is 95.4 cm³/mol. The summed E-state index contributed by atoms with van der Waals surface area (Å²) >= 11 is 0. The number of morpholine rings is 1. The molecule has 1 aromatic rings. The second kappa shape index (κ2) is 8.48. The molecule has 2 saturated heterocycles. The average Bonchev–Trinajstić information content (AvgIpc) is 3.24. The van der Waals surface area contributed by atoms with Crippen molar-refractivity contribution in [1.29, 1.82) is 0 Å². The smallest absolute Gasteiger partial charge is 0.193 e. The van der Waals surface area contributed by atoms with E-state index in [-0.39, 0.29) is 0 Å². The van der Waals surface area contributed by atoms with E-state index >= 15 is 0 Å². The first kappa shape index (κ1) is 17.2. The molecule has 2 aliphatic rings. The SMILES string of the molecule is CCNC(=NCCN1CCOCC1)N1CCC(c2cnn(C)c2)C1. The third kappa shape index (κ3) is 4.48. The van der Waals surface area contributed by atoms with Crippen molar-refractivity contribution in [1.82, 2.24) is 24.9 Å². The molecule has 0 aliphatic carbocycles. The molecule has 134 valence electrons. The molecular formula is C17H30N6O. The van der Waals surface area contributed by atoms with Gasteiger partial charge in [0, 0.05) is 58.4 Å². The second-order valence-corrected chi connectivity index (χ2v) is 6.57. The Hall–Kier alpha value is -1.60. The van der Waals surface area contributed by atoms with Crippen LogP contribution in [0.1, 0.15) is 24.8 Å². The van der Waals surface area contributed by atoms with Gasteiger partial charge in [-0.15, -0.1) is 0 Å². The fourth-order valence-corrected chi connectivity index (χ4v) is 3.42. The lowest BCUT2D eigenvalue weighted by molar-refractivity contribution is 0.0394. The molecule has 2 fully saturated rings. The minimum atomic E-state index is 0.557. The standard InChI is InChI=1S/C17H30N6O/c1-3-18-17(19-5-7-22-8-10-24-11-9-22)23-6-4-15(14-23)16-12-20-21(2)13-16/h12-13,15H,3-11,14H2,1-2H3,(H,18,19). The fourth-order valence-electron chi connectivity index (χ4n) is 3.42. The van der Waals surface area contributed by atoms with Crippen LogP contribution in [-0.4, -0.2) is 84.6 Å². The molecule has 24 heavy (non-hydrogen) atoms. The second-order valence-electron chi connectivity index (χ2n) is 6.57. The Morgan fingerprint density at radius 1 is 1.38 bits per heavy atom. The minimum Gasteiger partial charge on any atom is -0.379 e. The monoisotopic (exact) mass is 334 g/mol. The van der Waals surface area contributed by atoms with Crippen molar-refractivity contribution in [3.8, 4) is 0 Å². The number of aliphatic imine (C=N–C) groups is 1. The summed E-state index contributed by atoms with van der Waals surface area (Å²) in [7, 11) is 1.98.